The van der Waals surface area contributed by atoms with E-state index in [-0.39, 0.29) is 19.1 Å². The molecule has 15 heavy (non-hydrogen) atoms. The van der Waals surface area contributed by atoms with Gasteiger partial charge in [-0.25, -0.2) is 0 Å². The number of para-hydroxylation sites is 1. The summed E-state index contributed by atoms with van der Waals surface area (Å²) < 4.78 is 0. The molecule has 0 aromatic heterocycles. The van der Waals surface area contributed by atoms with Crippen LogP contribution in [0.2, 0.25) is 0 Å². The lowest BCUT2D eigenvalue weighted by molar-refractivity contribution is -0.115. The van der Waals surface area contributed by atoms with Gasteiger partial charge in [-0.3, -0.25) is 4.79 Å². The molecule has 3 N–H and O–H groups in total. The van der Waals surface area contributed by atoms with E-state index in [0.29, 0.717) is 5.69 Å². The van der Waals surface area contributed by atoms with Gasteiger partial charge >= 0.3 is 0 Å². The van der Waals surface area contributed by atoms with Crippen molar-refractivity contribution in [2.24, 2.45) is 0 Å². The molecule has 1 amide bonds. The molecule has 0 spiro atoms. The fourth-order valence-electron chi connectivity index (χ4n) is 1.21. The molecule has 0 heterocycles. The summed E-state index contributed by atoms with van der Waals surface area (Å²) >= 11 is 0. The minimum absolute atomic E-state index is 0.0718. The molecular weight excluding hydrogens is 192 g/mol. The predicted octanol–water partition coefficient (Wildman–Crippen LogP) is 0.727. The number of aliphatic hydroxyl groups is 1. The second kappa shape index (κ2) is 6.16. The number of likely N-dealkylation sites (N-methyl/N-ethyl adjacent to an activating group) is 1. The van der Waals surface area contributed by atoms with Crippen LogP contribution in [0.25, 0.3) is 0 Å². The first-order valence-corrected chi connectivity index (χ1v) is 4.97. The van der Waals surface area contributed by atoms with E-state index in [4.69, 9.17) is 5.11 Å². The van der Waals surface area contributed by atoms with E-state index in [2.05, 4.69) is 10.6 Å². The first-order valence-electron chi connectivity index (χ1n) is 4.97. The lowest BCUT2D eigenvalue weighted by Crippen LogP contribution is -2.28. The van der Waals surface area contributed by atoms with Gasteiger partial charge in [-0.1, -0.05) is 25.1 Å². The maximum atomic E-state index is 11.4. The fourth-order valence-corrected chi connectivity index (χ4v) is 1.21. The van der Waals surface area contributed by atoms with Gasteiger partial charge in [0.15, 0.2) is 0 Å². The molecule has 82 valence electrons. The SMILES string of the molecule is CCNCC(=O)Nc1ccccc1CO. The van der Waals surface area contributed by atoms with Gasteiger partial charge in [0.1, 0.15) is 0 Å². The molecule has 4 nitrogen and oxygen atoms in total. The van der Waals surface area contributed by atoms with E-state index in [0.717, 1.165) is 12.1 Å². The maximum Gasteiger partial charge on any atom is 0.238 e. The van der Waals surface area contributed by atoms with Crippen molar-refractivity contribution in [3.63, 3.8) is 0 Å². The van der Waals surface area contributed by atoms with Crippen molar-refractivity contribution in [1.29, 1.82) is 0 Å². The fraction of sp³-hybridized carbons (Fsp3) is 0.364. The van der Waals surface area contributed by atoms with Crippen LogP contribution in [0.5, 0.6) is 0 Å². The standard InChI is InChI=1S/C11H16N2O2/c1-2-12-7-11(15)13-10-6-4-3-5-9(10)8-14/h3-6,12,14H,2,7-8H2,1H3,(H,13,15). The molecule has 0 aliphatic heterocycles. The highest BCUT2D eigenvalue weighted by Gasteiger charge is 2.04. The van der Waals surface area contributed by atoms with Crippen molar-refractivity contribution in [3.05, 3.63) is 29.8 Å². The Morgan fingerprint density at radius 3 is 2.80 bits per heavy atom. The zero-order valence-electron chi connectivity index (χ0n) is 8.79. The van der Waals surface area contributed by atoms with E-state index in [1.165, 1.54) is 0 Å². The highest BCUT2D eigenvalue weighted by atomic mass is 16.3. The lowest BCUT2D eigenvalue weighted by Gasteiger charge is -2.09. The molecular formula is C11H16N2O2. The minimum atomic E-state index is -0.0993. The van der Waals surface area contributed by atoms with Crippen molar-refractivity contribution in [1.82, 2.24) is 5.32 Å². The minimum Gasteiger partial charge on any atom is -0.392 e. The lowest BCUT2D eigenvalue weighted by atomic mass is 10.2. The summed E-state index contributed by atoms with van der Waals surface area (Å²) in [7, 11) is 0. The Morgan fingerprint density at radius 2 is 2.13 bits per heavy atom. The monoisotopic (exact) mass is 208 g/mol. The van der Waals surface area contributed by atoms with Crippen LogP contribution in [0.4, 0.5) is 5.69 Å². The molecule has 1 aromatic rings. The average Bonchev–Trinajstić information content (AvgIpc) is 2.27. The first kappa shape index (κ1) is 11.7. The van der Waals surface area contributed by atoms with Crippen LogP contribution >= 0.6 is 0 Å². The highest BCUT2D eigenvalue weighted by molar-refractivity contribution is 5.92. The molecule has 1 rings (SSSR count). The number of carbonyl (C=O) groups is 1. The summed E-state index contributed by atoms with van der Waals surface area (Å²) in [6, 6.07) is 7.20. The van der Waals surface area contributed by atoms with Crippen LogP contribution in [-0.2, 0) is 11.4 Å². The summed E-state index contributed by atoms with van der Waals surface area (Å²) in [5.74, 6) is -0.0993. The van der Waals surface area contributed by atoms with Gasteiger partial charge in [0.25, 0.3) is 0 Å². The summed E-state index contributed by atoms with van der Waals surface area (Å²) in [6.45, 7) is 2.91. The molecule has 0 bridgehead atoms. The number of rotatable bonds is 5. The Hall–Kier alpha value is -1.39. The van der Waals surface area contributed by atoms with Gasteiger partial charge in [0.05, 0.1) is 13.2 Å². The second-order valence-corrected chi connectivity index (χ2v) is 3.14. The summed E-state index contributed by atoms with van der Waals surface area (Å²) in [5, 5.41) is 14.7. The van der Waals surface area contributed by atoms with E-state index >= 15 is 0 Å². The van der Waals surface area contributed by atoms with E-state index in [9.17, 15) is 4.79 Å². The predicted molar refractivity (Wildman–Crippen MR) is 59.5 cm³/mol. The van der Waals surface area contributed by atoms with E-state index in [1.54, 1.807) is 12.1 Å². The van der Waals surface area contributed by atoms with Crippen LogP contribution < -0.4 is 10.6 Å². The third kappa shape index (κ3) is 3.69. The van der Waals surface area contributed by atoms with Gasteiger partial charge in [-0.2, -0.15) is 0 Å². The van der Waals surface area contributed by atoms with Crippen molar-refractivity contribution in [3.8, 4) is 0 Å². The molecule has 0 radical (unpaired) electrons. The van der Waals surface area contributed by atoms with Crippen LogP contribution in [0, 0.1) is 0 Å². The average molecular weight is 208 g/mol. The summed E-state index contributed by atoms with van der Waals surface area (Å²) in [6.07, 6.45) is 0. The zero-order valence-corrected chi connectivity index (χ0v) is 8.79. The molecule has 1 aromatic carbocycles. The number of anilines is 1. The molecule has 0 atom stereocenters. The number of amides is 1. The Bertz CT molecular complexity index is 326. The molecule has 4 heteroatoms. The van der Waals surface area contributed by atoms with Gasteiger partial charge in [0.2, 0.25) is 5.91 Å². The summed E-state index contributed by atoms with van der Waals surface area (Å²) in [5.41, 5.74) is 1.39. The van der Waals surface area contributed by atoms with Crippen molar-refractivity contribution in [2.75, 3.05) is 18.4 Å². The number of nitrogens with one attached hydrogen (secondary N) is 2. The molecule has 0 fully saturated rings. The van der Waals surface area contributed by atoms with Gasteiger partial charge in [-0.15, -0.1) is 0 Å². The van der Waals surface area contributed by atoms with Gasteiger partial charge < -0.3 is 15.7 Å². The Kier molecular flexibility index (Phi) is 4.80. The Labute approximate surface area is 89.3 Å². The van der Waals surface area contributed by atoms with Gasteiger partial charge in [-0.05, 0) is 12.6 Å². The smallest absolute Gasteiger partial charge is 0.238 e. The third-order valence-electron chi connectivity index (χ3n) is 2.00. The Balaban J connectivity index is 2.59. The maximum absolute atomic E-state index is 11.4. The second-order valence-electron chi connectivity index (χ2n) is 3.14. The number of aliphatic hydroxyl groups excluding tert-OH is 1. The third-order valence-corrected chi connectivity index (χ3v) is 2.00. The molecule has 0 saturated heterocycles. The van der Waals surface area contributed by atoms with Crippen LogP contribution in [0.1, 0.15) is 12.5 Å². The molecule has 0 aliphatic carbocycles. The zero-order chi connectivity index (χ0) is 11.1. The summed E-state index contributed by atoms with van der Waals surface area (Å²) in [4.78, 5) is 11.4. The van der Waals surface area contributed by atoms with Crippen molar-refractivity contribution >= 4 is 11.6 Å². The number of hydrogen-bond donors (Lipinski definition) is 3. The quantitative estimate of drug-likeness (QED) is 0.668. The molecule has 0 aliphatic rings. The topological polar surface area (TPSA) is 61.4 Å². The van der Waals surface area contributed by atoms with Crippen molar-refractivity contribution < 1.29 is 9.90 Å². The first-order chi connectivity index (χ1) is 7.27. The van der Waals surface area contributed by atoms with E-state index in [1.807, 2.05) is 19.1 Å². The van der Waals surface area contributed by atoms with Crippen molar-refractivity contribution in [2.45, 2.75) is 13.5 Å². The number of benzene rings is 1. The molecule has 0 saturated carbocycles. The normalized spacial score (nSPS) is 10.0. The van der Waals surface area contributed by atoms with Crippen LogP contribution in [-0.4, -0.2) is 24.1 Å². The van der Waals surface area contributed by atoms with Gasteiger partial charge in [0, 0.05) is 11.3 Å². The molecule has 0 unspecified atom stereocenters. The van der Waals surface area contributed by atoms with Crippen LogP contribution in [0.3, 0.4) is 0 Å². The largest absolute Gasteiger partial charge is 0.392 e. The Morgan fingerprint density at radius 1 is 1.40 bits per heavy atom. The number of hydrogen-bond acceptors (Lipinski definition) is 3. The van der Waals surface area contributed by atoms with Crippen LogP contribution in [0.15, 0.2) is 24.3 Å². The highest BCUT2D eigenvalue weighted by Crippen LogP contribution is 2.14. The number of carbonyl (C=O) groups excluding carboxylic acids is 1. The van der Waals surface area contributed by atoms with E-state index < -0.39 is 0 Å².